The molecule has 96 valence electrons. The van der Waals surface area contributed by atoms with Gasteiger partial charge in [-0.25, -0.2) is 4.98 Å². The molecule has 0 bridgehead atoms. The lowest BCUT2D eigenvalue weighted by atomic mass is 10.3. The van der Waals surface area contributed by atoms with E-state index in [4.69, 9.17) is 0 Å². The number of tetrazole rings is 1. The first kappa shape index (κ1) is 11.8. The van der Waals surface area contributed by atoms with Crippen molar-refractivity contribution in [1.82, 2.24) is 35.0 Å². The Morgan fingerprint density at radius 1 is 1.21 bits per heavy atom. The van der Waals surface area contributed by atoms with Crippen molar-refractivity contribution in [2.45, 2.75) is 10.9 Å². The SMILES string of the molecule is Cn1ncnc1CSc1nnnn1-c1ccccc1. The van der Waals surface area contributed by atoms with Crippen LogP contribution < -0.4 is 0 Å². The summed E-state index contributed by atoms with van der Waals surface area (Å²) in [5, 5.41) is 16.5. The monoisotopic (exact) mass is 273 g/mol. The predicted molar refractivity (Wildman–Crippen MR) is 69.7 cm³/mol. The fraction of sp³-hybridized carbons (Fsp3) is 0.182. The molecule has 0 amide bonds. The zero-order valence-electron chi connectivity index (χ0n) is 10.2. The first-order valence-electron chi connectivity index (χ1n) is 5.64. The fourth-order valence-electron chi connectivity index (χ4n) is 1.58. The maximum atomic E-state index is 4.17. The van der Waals surface area contributed by atoms with Crippen LogP contribution >= 0.6 is 11.8 Å². The topological polar surface area (TPSA) is 74.3 Å². The number of para-hydroxylation sites is 1. The highest BCUT2D eigenvalue weighted by Crippen LogP contribution is 2.20. The lowest BCUT2D eigenvalue weighted by Crippen LogP contribution is -2.01. The van der Waals surface area contributed by atoms with Gasteiger partial charge >= 0.3 is 0 Å². The molecular formula is C11H11N7S. The van der Waals surface area contributed by atoms with Gasteiger partial charge in [-0.05, 0) is 22.6 Å². The molecule has 7 nitrogen and oxygen atoms in total. The van der Waals surface area contributed by atoms with E-state index in [1.165, 1.54) is 18.1 Å². The third kappa shape index (κ3) is 2.48. The van der Waals surface area contributed by atoms with E-state index in [-0.39, 0.29) is 0 Å². The van der Waals surface area contributed by atoms with Crippen LogP contribution in [-0.4, -0.2) is 35.0 Å². The van der Waals surface area contributed by atoms with Gasteiger partial charge in [0.2, 0.25) is 5.16 Å². The van der Waals surface area contributed by atoms with Gasteiger partial charge < -0.3 is 0 Å². The third-order valence-corrected chi connectivity index (χ3v) is 3.49. The van der Waals surface area contributed by atoms with Crippen LogP contribution in [0.25, 0.3) is 5.69 Å². The Labute approximate surface area is 113 Å². The molecule has 0 saturated carbocycles. The number of aryl methyl sites for hydroxylation is 1. The van der Waals surface area contributed by atoms with Gasteiger partial charge in [0.25, 0.3) is 0 Å². The normalized spacial score (nSPS) is 10.8. The van der Waals surface area contributed by atoms with Crippen LogP contribution in [0.3, 0.4) is 0 Å². The Morgan fingerprint density at radius 3 is 2.79 bits per heavy atom. The van der Waals surface area contributed by atoms with Gasteiger partial charge in [-0.2, -0.15) is 9.78 Å². The Morgan fingerprint density at radius 2 is 2.05 bits per heavy atom. The molecule has 0 spiro atoms. The minimum atomic E-state index is 0.670. The van der Waals surface area contributed by atoms with Crippen molar-refractivity contribution in [2.24, 2.45) is 7.05 Å². The number of hydrogen-bond acceptors (Lipinski definition) is 6. The minimum Gasteiger partial charge on any atom is -0.252 e. The van der Waals surface area contributed by atoms with Crippen molar-refractivity contribution < 1.29 is 0 Å². The molecule has 0 saturated heterocycles. The summed E-state index contributed by atoms with van der Waals surface area (Å²) in [4.78, 5) is 4.17. The smallest absolute Gasteiger partial charge is 0.214 e. The second-order valence-electron chi connectivity index (χ2n) is 3.80. The zero-order valence-corrected chi connectivity index (χ0v) is 11.0. The van der Waals surface area contributed by atoms with Gasteiger partial charge in [-0.1, -0.05) is 30.0 Å². The Hall–Kier alpha value is -2.22. The van der Waals surface area contributed by atoms with E-state index >= 15 is 0 Å². The number of hydrogen-bond donors (Lipinski definition) is 0. The van der Waals surface area contributed by atoms with Crippen molar-refractivity contribution in [1.29, 1.82) is 0 Å². The number of benzene rings is 1. The highest BCUT2D eigenvalue weighted by Gasteiger charge is 2.10. The maximum Gasteiger partial charge on any atom is 0.214 e. The van der Waals surface area contributed by atoms with E-state index < -0.39 is 0 Å². The summed E-state index contributed by atoms with van der Waals surface area (Å²) < 4.78 is 3.45. The molecule has 0 N–H and O–H groups in total. The van der Waals surface area contributed by atoms with Gasteiger partial charge in [-0.3, -0.25) is 4.68 Å². The average molecular weight is 273 g/mol. The second-order valence-corrected chi connectivity index (χ2v) is 4.74. The predicted octanol–water partition coefficient (Wildman–Crippen LogP) is 1.08. The molecule has 3 rings (SSSR count). The number of rotatable bonds is 4. The summed E-state index contributed by atoms with van der Waals surface area (Å²) in [6.07, 6.45) is 1.54. The van der Waals surface area contributed by atoms with Crippen molar-refractivity contribution in [3.63, 3.8) is 0 Å². The number of nitrogens with zero attached hydrogens (tertiary/aromatic N) is 7. The summed E-state index contributed by atoms with van der Waals surface area (Å²) in [5.74, 6) is 1.55. The quantitative estimate of drug-likeness (QED) is 0.662. The molecule has 2 heterocycles. The van der Waals surface area contributed by atoms with Crippen molar-refractivity contribution in [3.8, 4) is 5.69 Å². The molecular weight excluding hydrogens is 262 g/mol. The lowest BCUT2D eigenvalue weighted by Gasteiger charge is -2.03. The molecule has 0 aliphatic rings. The first-order chi connectivity index (χ1) is 9.34. The third-order valence-electron chi connectivity index (χ3n) is 2.58. The van der Waals surface area contributed by atoms with E-state index in [0.717, 1.165) is 16.7 Å². The zero-order chi connectivity index (χ0) is 13.1. The standard InChI is InChI=1S/C11H11N7S/c1-17-10(12-8-13-17)7-19-11-14-15-16-18(11)9-5-3-2-4-6-9/h2-6,8H,7H2,1H3. The van der Waals surface area contributed by atoms with Gasteiger partial charge in [-0.15, -0.1) is 5.10 Å². The minimum absolute atomic E-state index is 0.670. The molecule has 0 aliphatic heterocycles. The molecule has 0 fully saturated rings. The molecule has 2 aromatic heterocycles. The van der Waals surface area contributed by atoms with Gasteiger partial charge in [0.15, 0.2) is 0 Å². The molecule has 1 aromatic carbocycles. The largest absolute Gasteiger partial charge is 0.252 e. The maximum absolute atomic E-state index is 4.17. The molecule has 3 aromatic rings. The van der Waals surface area contributed by atoms with Gasteiger partial charge in [0, 0.05) is 7.05 Å². The average Bonchev–Trinajstić information content (AvgIpc) is 3.06. The summed E-state index contributed by atoms with van der Waals surface area (Å²) >= 11 is 1.52. The fourth-order valence-corrected chi connectivity index (χ4v) is 2.46. The Kier molecular flexibility index (Phi) is 3.23. The number of thioether (sulfide) groups is 1. The van der Waals surface area contributed by atoms with E-state index in [0.29, 0.717) is 5.75 Å². The van der Waals surface area contributed by atoms with E-state index in [9.17, 15) is 0 Å². The van der Waals surface area contributed by atoms with Gasteiger partial charge in [0.05, 0.1) is 11.4 Å². The molecule has 0 aliphatic carbocycles. The van der Waals surface area contributed by atoms with Crippen LogP contribution in [0, 0.1) is 0 Å². The highest BCUT2D eigenvalue weighted by molar-refractivity contribution is 7.98. The van der Waals surface area contributed by atoms with Crippen LogP contribution in [0.5, 0.6) is 0 Å². The Bertz CT molecular complexity index is 661. The van der Waals surface area contributed by atoms with Crippen LogP contribution in [-0.2, 0) is 12.8 Å². The van der Waals surface area contributed by atoms with Crippen LogP contribution in [0.2, 0.25) is 0 Å². The molecule has 0 radical (unpaired) electrons. The van der Waals surface area contributed by atoms with Crippen molar-refractivity contribution in [3.05, 3.63) is 42.5 Å². The van der Waals surface area contributed by atoms with E-state index in [2.05, 4.69) is 25.6 Å². The van der Waals surface area contributed by atoms with Crippen LogP contribution in [0.4, 0.5) is 0 Å². The van der Waals surface area contributed by atoms with E-state index in [1.807, 2.05) is 37.4 Å². The summed E-state index contributed by atoms with van der Waals surface area (Å²) in [6, 6.07) is 9.79. The lowest BCUT2D eigenvalue weighted by molar-refractivity contribution is 0.727. The van der Waals surface area contributed by atoms with Crippen molar-refractivity contribution in [2.75, 3.05) is 0 Å². The van der Waals surface area contributed by atoms with Crippen molar-refractivity contribution >= 4 is 11.8 Å². The summed E-state index contributed by atoms with van der Waals surface area (Å²) in [6.45, 7) is 0. The van der Waals surface area contributed by atoms with E-state index in [1.54, 1.807) is 9.36 Å². The molecule has 0 atom stereocenters. The second kappa shape index (κ2) is 5.19. The number of aromatic nitrogens is 7. The molecule has 19 heavy (non-hydrogen) atoms. The highest BCUT2D eigenvalue weighted by atomic mass is 32.2. The molecule has 0 unspecified atom stereocenters. The first-order valence-corrected chi connectivity index (χ1v) is 6.62. The van der Waals surface area contributed by atoms with Crippen LogP contribution in [0.15, 0.2) is 41.8 Å². The Balaban J connectivity index is 1.80. The summed E-state index contributed by atoms with van der Waals surface area (Å²) in [5.41, 5.74) is 0.938. The summed E-state index contributed by atoms with van der Waals surface area (Å²) in [7, 11) is 1.86. The van der Waals surface area contributed by atoms with Crippen LogP contribution in [0.1, 0.15) is 5.82 Å². The van der Waals surface area contributed by atoms with Gasteiger partial charge in [0.1, 0.15) is 12.2 Å². The molecule has 8 heteroatoms.